The third-order valence-corrected chi connectivity index (χ3v) is 2.80. The van der Waals surface area contributed by atoms with Crippen LogP contribution in [0.5, 0.6) is 5.75 Å². The third-order valence-electron chi connectivity index (χ3n) is 2.80. The predicted octanol–water partition coefficient (Wildman–Crippen LogP) is 2.17. The van der Waals surface area contributed by atoms with Crippen LogP contribution in [0.25, 0.3) is 0 Å². The Bertz CT molecular complexity index is 405. The molecule has 0 unspecified atom stereocenters. The monoisotopic (exact) mass is 202 g/mol. The zero-order valence-electron chi connectivity index (χ0n) is 9.03. The van der Waals surface area contributed by atoms with Crippen LogP contribution in [0.3, 0.4) is 0 Å². The number of anilines is 1. The summed E-state index contributed by atoms with van der Waals surface area (Å²) in [4.78, 5) is 2.17. The Hall–Kier alpha value is -1.69. The molecule has 78 valence electrons. The highest BCUT2D eigenvalue weighted by Crippen LogP contribution is 2.33. The standard InChI is InChI=1S/C12H14N2O/c1-14(10-4-5-10)12-7-11(15-2)6-3-9(12)8-13/h3,6-7,10H,4-5H2,1-2H3. The average molecular weight is 202 g/mol. The molecule has 0 N–H and O–H groups in total. The molecule has 0 atom stereocenters. The van der Waals surface area contributed by atoms with E-state index < -0.39 is 0 Å². The van der Waals surface area contributed by atoms with E-state index >= 15 is 0 Å². The zero-order chi connectivity index (χ0) is 10.8. The first kappa shape index (κ1) is 9.85. The number of benzene rings is 1. The molecule has 0 heterocycles. The fourth-order valence-corrected chi connectivity index (χ4v) is 1.68. The summed E-state index contributed by atoms with van der Waals surface area (Å²) in [7, 11) is 3.68. The van der Waals surface area contributed by atoms with Crippen LogP contribution >= 0.6 is 0 Å². The van der Waals surface area contributed by atoms with Crippen molar-refractivity contribution in [3.05, 3.63) is 23.8 Å². The lowest BCUT2D eigenvalue weighted by Crippen LogP contribution is -2.20. The minimum absolute atomic E-state index is 0.601. The number of methoxy groups -OCH3 is 1. The molecule has 0 spiro atoms. The van der Waals surface area contributed by atoms with Gasteiger partial charge in [0.15, 0.2) is 0 Å². The molecule has 1 saturated carbocycles. The Balaban J connectivity index is 2.37. The smallest absolute Gasteiger partial charge is 0.121 e. The van der Waals surface area contributed by atoms with Crippen molar-refractivity contribution in [2.45, 2.75) is 18.9 Å². The van der Waals surface area contributed by atoms with Crippen molar-refractivity contribution in [1.29, 1.82) is 5.26 Å². The summed E-state index contributed by atoms with van der Waals surface area (Å²) in [6.45, 7) is 0. The summed E-state index contributed by atoms with van der Waals surface area (Å²) in [5, 5.41) is 9.02. The van der Waals surface area contributed by atoms with Crippen molar-refractivity contribution >= 4 is 5.69 Å². The van der Waals surface area contributed by atoms with Gasteiger partial charge >= 0.3 is 0 Å². The van der Waals surface area contributed by atoms with Crippen LogP contribution in [0.2, 0.25) is 0 Å². The van der Waals surface area contributed by atoms with Crippen LogP contribution in [-0.4, -0.2) is 20.2 Å². The van der Waals surface area contributed by atoms with Crippen molar-refractivity contribution in [3.8, 4) is 11.8 Å². The van der Waals surface area contributed by atoms with E-state index in [-0.39, 0.29) is 0 Å². The van der Waals surface area contributed by atoms with Crippen LogP contribution in [-0.2, 0) is 0 Å². The molecular formula is C12H14N2O. The second kappa shape index (κ2) is 3.82. The van der Waals surface area contributed by atoms with Gasteiger partial charge in [-0.05, 0) is 25.0 Å². The summed E-state index contributed by atoms with van der Waals surface area (Å²) >= 11 is 0. The van der Waals surface area contributed by atoms with Crippen LogP contribution < -0.4 is 9.64 Å². The first-order valence-electron chi connectivity index (χ1n) is 5.07. The predicted molar refractivity (Wildman–Crippen MR) is 59.1 cm³/mol. The molecule has 0 amide bonds. The normalized spacial score (nSPS) is 14.5. The Morgan fingerprint density at radius 3 is 2.73 bits per heavy atom. The van der Waals surface area contributed by atoms with E-state index in [1.54, 1.807) is 7.11 Å². The summed E-state index contributed by atoms with van der Waals surface area (Å²) in [6, 6.07) is 8.38. The largest absolute Gasteiger partial charge is 0.497 e. The highest BCUT2D eigenvalue weighted by atomic mass is 16.5. The molecule has 2 rings (SSSR count). The number of nitrogens with zero attached hydrogens (tertiary/aromatic N) is 2. The lowest BCUT2D eigenvalue weighted by atomic mass is 10.1. The summed E-state index contributed by atoms with van der Waals surface area (Å²) in [6.07, 6.45) is 2.44. The van der Waals surface area contributed by atoms with E-state index in [4.69, 9.17) is 10.00 Å². The first-order valence-corrected chi connectivity index (χ1v) is 5.07. The summed E-state index contributed by atoms with van der Waals surface area (Å²) < 4.78 is 5.17. The molecule has 3 nitrogen and oxygen atoms in total. The topological polar surface area (TPSA) is 36.3 Å². The Kier molecular flexibility index (Phi) is 2.51. The Morgan fingerprint density at radius 1 is 1.47 bits per heavy atom. The quantitative estimate of drug-likeness (QED) is 0.753. The molecule has 0 radical (unpaired) electrons. The lowest BCUT2D eigenvalue weighted by Gasteiger charge is -2.20. The maximum atomic E-state index is 9.02. The van der Waals surface area contributed by atoms with Crippen molar-refractivity contribution < 1.29 is 4.74 Å². The number of rotatable bonds is 3. The van der Waals surface area contributed by atoms with E-state index in [1.165, 1.54) is 12.8 Å². The van der Waals surface area contributed by atoms with Gasteiger partial charge in [-0.2, -0.15) is 5.26 Å². The summed E-state index contributed by atoms with van der Waals surface area (Å²) in [5.74, 6) is 0.802. The lowest BCUT2D eigenvalue weighted by molar-refractivity contribution is 0.415. The maximum Gasteiger partial charge on any atom is 0.121 e. The molecule has 0 aromatic heterocycles. The van der Waals surface area contributed by atoms with Crippen LogP contribution in [0.15, 0.2) is 18.2 Å². The van der Waals surface area contributed by atoms with Crippen LogP contribution in [0, 0.1) is 11.3 Å². The van der Waals surface area contributed by atoms with Gasteiger partial charge in [0.2, 0.25) is 0 Å². The molecule has 1 aliphatic rings. The molecule has 0 bridgehead atoms. The fraction of sp³-hybridized carbons (Fsp3) is 0.417. The molecule has 3 heteroatoms. The van der Waals surface area contributed by atoms with Crippen LogP contribution in [0.1, 0.15) is 18.4 Å². The molecular weight excluding hydrogens is 188 g/mol. The van der Waals surface area contributed by atoms with E-state index in [2.05, 4.69) is 11.0 Å². The number of hydrogen-bond donors (Lipinski definition) is 0. The van der Waals surface area contributed by atoms with E-state index in [0.29, 0.717) is 11.6 Å². The first-order chi connectivity index (χ1) is 7.26. The minimum Gasteiger partial charge on any atom is -0.497 e. The SMILES string of the molecule is COc1ccc(C#N)c(N(C)C2CC2)c1. The molecule has 0 aliphatic heterocycles. The van der Waals surface area contributed by atoms with Gasteiger partial charge < -0.3 is 9.64 Å². The Labute approximate surface area is 89.9 Å². The third kappa shape index (κ3) is 1.89. The zero-order valence-corrected chi connectivity index (χ0v) is 9.03. The van der Waals surface area contributed by atoms with Crippen molar-refractivity contribution in [1.82, 2.24) is 0 Å². The molecule has 1 fully saturated rings. The van der Waals surface area contributed by atoms with Gasteiger partial charge in [0, 0.05) is 19.2 Å². The fourth-order valence-electron chi connectivity index (χ4n) is 1.68. The Morgan fingerprint density at radius 2 is 2.20 bits per heavy atom. The maximum absolute atomic E-state index is 9.02. The van der Waals surface area contributed by atoms with Crippen molar-refractivity contribution in [2.75, 3.05) is 19.1 Å². The van der Waals surface area contributed by atoms with Crippen molar-refractivity contribution in [2.24, 2.45) is 0 Å². The number of ether oxygens (including phenoxy) is 1. The number of hydrogen-bond acceptors (Lipinski definition) is 3. The van der Waals surface area contributed by atoms with Gasteiger partial charge in [-0.25, -0.2) is 0 Å². The van der Waals surface area contributed by atoms with Crippen molar-refractivity contribution in [3.63, 3.8) is 0 Å². The molecule has 0 saturated heterocycles. The number of nitriles is 1. The molecule has 1 aromatic rings. The second-order valence-corrected chi connectivity index (χ2v) is 3.84. The van der Waals surface area contributed by atoms with E-state index in [1.807, 2.05) is 25.2 Å². The van der Waals surface area contributed by atoms with E-state index in [9.17, 15) is 0 Å². The molecule has 1 aliphatic carbocycles. The van der Waals surface area contributed by atoms with Gasteiger partial charge in [-0.1, -0.05) is 0 Å². The highest BCUT2D eigenvalue weighted by molar-refractivity contribution is 5.62. The van der Waals surface area contributed by atoms with Gasteiger partial charge in [0.1, 0.15) is 11.8 Å². The van der Waals surface area contributed by atoms with Crippen LogP contribution in [0.4, 0.5) is 5.69 Å². The highest BCUT2D eigenvalue weighted by Gasteiger charge is 2.27. The van der Waals surface area contributed by atoms with Gasteiger partial charge in [-0.3, -0.25) is 0 Å². The van der Waals surface area contributed by atoms with Gasteiger partial charge in [-0.15, -0.1) is 0 Å². The summed E-state index contributed by atoms with van der Waals surface area (Å²) in [5.41, 5.74) is 1.68. The van der Waals surface area contributed by atoms with Gasteiger partial charge in [0.05, 0.1) is 18.4 Å². The van der Waals surface area contributed by atoms with E-state index in [0.717, 1.165) is 11.4 Å². The molecule has 1 aromatic carbocycles. The average Bonchev–Trinajstić information content (AvgIpc) is 3.11. The second-order valence-electron chi connectivity index (χ2n) is 3.84. The van der Waals surface area contributed by atoms with Gasteiger partial charge in [0.25, 0.3) is 0 Å². The minimum atomic E-state index is 0.601. The molecule has 15 heavy (non-hydrogen) atoms.